The fourth-order valence-corrected chi connectivity index (χ4v) is 3.75. The number of carbonyl (C=O) groups is 2. The van der Waals surface area contributed by atoms with E-state index in [9.17, 15) is 9.59 Å². The molecule has 2 heterocycles. The summed E-state index contributed by atoms with van der Waals surface area (Å²) in [5.41, 5.74) is 1.51. The van der Waals surface area contributed by atoms with Crippen LogP contribution in [-0.2, 0) is 9.53 Å². The quantitative estimate of drug-likeness (QED) is 0.852. The Morgan fingerprint density at radius 2 is 1.79 bits per heavy atom. The summed E-state index contributed by atoms with van der Waals surface area (Å²) in [5, 5.41) is 1.98. The molecule has 24 heavy (non-hydrogen) atoms. The van der Waals surface area contributed by atoms with Gasteiger partial charge in [-0.25, -0.2) is 0 Å². The van der Waals surface area contributed by atoms with Gasteiger partial charge in [0, 0.05) is 24.0 Å². The Hall–Kier alpha value is -2.40. The van der Waals surface area contributed by atoms with E-state index in [1.807, 2.05) is 50.2 Å². The molecule has 5 heteroatoms. The number of rotatable bonds is 2. The Labute approximate surface area is 140 Å². The Morgan fingerprint density at radius 3 is 2.50 bits per heavy atom. The number of amides is 2. The van der Waals surface area contributed by atoms with E-state index in [1.165, 1.54) is 0 Å². The van der Waals surface area contributed by atoms with Crippen molar-refractivity contribution < 1.29 is 14.3 Å². The van der Waals surface area contributed by atoms with Crippen LogP contribution in [0, 0.1) is 0 Å². The van der Waals surface area contributed by atoms with Gasteiger partial charge in [-0.3, -0.25) is 14.5 Å². The van der Waals surface area contributed by atoms with Crippen molar-refractivity contribution in [1.29, 1.82) is 0 Å². The molecule has 0 spiro atoms. The third kappa shape index (κ3) is 2.36. The van der Waals surface area contributed by atoms with Crippen LogP contribution < -0.4 is 4.90 Å². The van der Waals surface area contributed by atoms with Crippen molar-refractivity contribution in [2.24, 2.45) is 0 Å². The average Bonchev–Trinajstić information content (AvgIpc) is 2.82. The van der Waals surface area contributed by atoms with Gasteiger partial charge in [-0.15, -0.1) is 0 Å². The van der Waals surface area contributed by atoms with Crippen LogP contribution in [0.2, 0.25) is 0 Å². The van der Waals surface area contributed by atoms with Crippen molar-refractivity contribution in [2.45, 2.75) is 26.1 Å². The van der Waals surface area contributed by atoms with Gasteiger partial charge in [0.1, 0.15) is 6.54 Å². The van der Waals surface area contributed by atoms with Crippen LogP contribution in [0.4, 0.5) is 5.69 Å². The molecule has 0 aliphatic carbocycles. The Bertz CT molecular complexity index is 817. The number of benzene rings is 2. The van der Waals surface area contributed by atoms with Gasteiger partial charge in [-0.2, -0.15) is 0 Å². The summed E-state index contributed by atoms with van der Waals surface area (Å²) in [6.45, 7) is 5.15. The van der Waals surface area contributed by atoms with E-state index in [0.717, 1.165) is 16.5 Å². The van der Waals surface area contributed by atoms with Gasteiger partial charge in [0.15, 0.2) is 0 Å². The molecule has 0 aromatic heterocycles. The lowest BCUT2D eigenvalue weighted by atomic mass is 10.1. The Balaban J connectivity index is 1.61. The molecule has 2 aliphatic rings. The van der Waals surface area contributed by atoms with Crippen LogP contribution in [0.5, 0.6) is 0 Å². The van der Waals surface area contributed by atoms with Crippen molar-refractivity contribution in [3.63, 3.8) is 0 Å². The van der Waals surface area contributed by atoms with Gasteiger partial charge in [-0.1, -0.05) is 24.3 Å². The van der Waals surface area contributed by atoms with Crippen molar-refractivity contribution in [2.75, 3.05) is 24.5 Å². The molecular formula is C19H20N2O3. The topological polar surface area (TPSA) is 49.9 Å². The summed E-state index contributed by atoms with van der Waals surface area (Å²) in [4.78, 5) is 28.9. The zero-order chi connectivity index (χ0) is 16.8. The lowest BCUT2D eigenvalue weighted by Crippen LogP contribution is -2.51. The fraction of sp³-hybridized carbons (Fsp3) is 0.368. The van der Waals surface area contributed by atoms with E-state index in [-0.39, 0.29) is 30.6 Å². The molecule has 0 bridgehead atoms. The summed E-state index contributed by atoms with van der Waals surface area (Å²) in [5.74, 6) is -0.125. The highest BCUT2D eigenvalue weighted by atomic mass is 16.5. The highest BCUT2D eigenvalue weighted by Gasteiger charge is 2.33. The first-order valence-corrected chi connectivity index (χ1v) is 8.31. The molecule has 2 amide bonds. The minimum absolute atomic E-state index is 0.0209. The van der Waals surface area contributed by atoms with Gasteiger partial charge >= 0.3 is 0 Å². The van der Waals surface area contributed by atoms with E-state index in [4.69, 9.17) is 4.74 Å². The molecule has 0 N–H and O–H groups in total. The lowest BCUT2D eigenvalue weighted by Gasteiger charge is -2.36. The summed E-state index contributed by atoms with van der Waals surface area (Å²) >= 11 is 0. The zero-order valence-corrected chi connectivity index (χ0v) is 13.9. The molecule has 1 saturated heterocycles. The smallest absolute Gasteiger partial charge is 0.259 e. The molecular weight excluding hydrogens is 304 g/mol. The number of anilines is 1. The molecule has 1 fully saturated rings. The largest absolute Gasteiger partial charge is 0.372 e. The zero-order valence-electron chi connectivity index (χ0n) is 13.9. The summed E-state index contributed by atoms with van der Waals surface area (Å²) in [7, 11) is 0. The highest BCUT2D eigenvalue weighted by Crippen LogP contribution is 2.37. The van der Waals surface area contributed by atoms with Crippen molar-refractivity contribution >= 4 is 28.3 Å². The second-order valence-electron chi connectivity index (χ2n) is 6.63. The normalized spacial score (nSPS) is 23.2. The number of hydrogen-bond donors (Lipinski definition) is 0. The third-order valence-electron chi connectivity index (χ3n) is 4.71. The second kappa shape index (κ2) is 5.60. The molecule has 0 saturated carbocycles. The Kier molecular flexibility index (Phi) is 3.53. The van der Waals surface area contributed by atoms with Gasteiger partial charge in [0.2, 0.25) is 5.91 Å². The Morgan fingerprint density at radius 1 is 1.12 bits per heavy atom. The molecule has 2 aromatic carbocycles. The molecule has 124 valence electrons. The number of nitrogens with zero attached hydrogens (tertiary/aromatic N) is 2. The summed E-state index contributed by atoms with van der Waals surface area (Å²) in [6.07, 6.45) is 0.0419. The molecule has 0 radical (unpaired) electrons. The average molecular weight is 324 g/mol. The predicted molar refractivity (Wildman–Crippen MR) is 92.2 cm³/mol. The third-order valence-corrected chi connectivity index (χ3v) is 4.71. The van der Waals surface area contributed by atoms with E-state index in [0.29, 0.717) is 18.7 Å². The summed E-state index contributed by atoms with van der Waals surface area (Å²) < 4.78 is 5.68. The molecule has 2 aromatic rings. The number of carbonyl (C=O) groups excluding carboxylic acids is 2. The molecule has 4 rings (SSSR count). The SMILES string of the molecule is C[C@H]1CN(C(=O)CN2C(=O)c3cccc4cccc2c34)C[C@H](C)O1. The van der Waals surface area contributed by atoms with Crippen molar-refractivity contribution in [3.05, 3.63) is 42.0 Å². The maximum Gasteiger partial charge on any atom is 0.259 e. The van der Waals surface area contributed by atoms with Crippen molar-refractivity contribution in [1.82, 2.24) is 4.90 Å². The first-order chi connectivity index (χ1) is 11.5. The number of hydrogen-bond acceptors (Lipinski definition) is 3. The van der Waals surface area contributed by atoms with Gasteiger partial charge < -0.3 is 9.64 Å². The number of ether oxygens (including phenoxy) is 1. The monoisotopic (exact) mass is 324 g/mol. The minimum Gasteiger partial charge on any atom is -0.372 e. The van der Waals surface area contributed by atoms with E-state index in [1.54, 1.807) is 9.80 Å². The first-order valence-electron chi connectivity index (χ1n) is 8.31. The van der Waals surface area contributed by atoms with Crippen LogP contribution in [0.1, 0.15) is 24.2 Å². The molecule has 2 aliphatic heterocycles. The molecule has 2 atom stereocenters. The van der Waals surface area contributed by atoms with Crippen LogP contribution >= 0.6 is 0 Å². The van der Waals surface area contributed by atoms with Gasteiger partial charge in [0.25, 0.3) is 5.91 Å². The number of morpholine rings is 1. The molecule has 5 nitrogen and oxygen atoms in total. The molecule has 0 unspecified atom stereocenters. The predicted octanol–water partition coefficient (Wildman–Crippen LogP) is 2.44. The first kappa shape index (κ1) is 15.1. The second-order valence-corrected chi connectivity index (χ2v) is 6.63. The van der Waals surface area contributed by atoms with Crippen LogP contribution in [0.3, 0.4) is 0 Å². The van der Waals surface area contributed by atoms with E-state index >= 15 is 0 Å². The maximum atomic E-state index is 12.8. The van der Waals surface area contributed by atoms with Crippen LogP contribution in [0.25, 0.3) is 10.8 Å². The van der Waals surface area contributed by atoms with Crippen LogP contribution in [0.15, 0.2) is 36.4 Å². The standard InChI is InChI=1S/C19H20N2O3/c1-12-9-20(10-13(2)24-12)17(22)11-21-16-8-4-6-14-5-3-7-15(18(14)16)19(21)23/h3-8,12-13H,9-11H2,1-2H3/t12-,13-/m0/s1. The summed E-state index contributed by atoms with van der Waals surface area (Å²) in [6, 6.07) is 11.5. The highest BCUT2D eigenvalue weighted by molar-refractivity contribution is 6.26. The van der Waals surface area contributed by atoms with E-state index < -0.39 is 0 Å². The maximum absolute atomic E-state index is 12.8. The lowest BCUT2D eigenvalue weighted by molar-refractivity contribution is -0.141. The van der Waals surface area contributed by atoms with Gasteiger partial charge in [-0.05, 0) is 31.4 Å². The van der Waals surface area contributed by atoms with Crippen molar-refractivity contribution in [3.8, 4) is 0 Å². The van der Waals surface area contributed by atoms with Gasteiger partial charge in [0.05, 0.1) is 17.9 Å². The fourth-order valence-electron chi connectivity index (χ4n) is 3.75. The van der Waals surface area contributed by atoms with Crippen LogP contribution in [-0.4, -0.2) is 48.6 Å². The van der Waals surface area contributed by atoms with E-state index in [2.05, 4.69) is 0 Å². The minimum atomic E-state index is -0.0930.